The summed E-state index contributed by atoms with van der Waals surface area (Å²) in [5.41, 5.74) is 3.68. The Balaban J connectivity index is 2.40. The summed E-state index contributed by atoms with van der Waals surface area (Å²) in [6.07, 6.45) is 2.20. The van der Waals surface area contributed by atoms with Gasteiger partial charge in [-0.1, -0.05) is 60.7 Å². The highest BCUT2D eigenvalue weighted by molar-refractivity contribution is 5.80. The van der Waals surface area contributed by atoms with E-state index in [-0.39, 0.29) is 0 Å². The second-order valence-electron chi connectivity index (χ2n) is 4.20. The minimum atomic E-state index is 1.22. The first-order valence-corrected chi connectivity index (χ1v) is 5.77. The summed E-state index contributed by atoms with van der Waals surface area (Å²) in [6.45, 7) is 0. The quantitative estimate of drug-likeness (QED) is 0.716. The van der Waals surface area contributed by atoms with Crippen LogP contribution in [-0.4, -0.2) is 19.0 Å². The molecule has 0 radical (unpaired) electrons. The Labute approximate surface area is 103 Å². The van der Waals surface area contributed by atoms with Crippen molar-refractivity contribution in [2.75, 3.05) is 14.1 Å². The van der Waals surface area contributed by atoms with E-state index >= 15 is 0 Å². The van der Waals surface area contributed by atoms with E-state index in [1.165, 1.54) is 16.8 Å². The van der Waals surface area contributed by atoms with E-state index in [1.807, 2.05) is 12.1 Å². The third-order valence-electron chi connectivity index (χ3n) is 2.65. The highest BCUT2D eigenvalue weighted by atomic mass is 15.1. The molecule has 0 aliphatic rings. The van der Waals surface area contributed by atoms with Crippen LogP contribution < -0.4 is 0 Å². The molecule has 0 aromatic heterocycles. The Morgan fingerprint density at radius 1 is 0.824 bits per heavy atom. The summed E-state index contributed by atoms with van der Waals surface area (Å²) in [7, 11) is 4.14. The lowest BCUT2D eigenvalue weighted by Gasteiger charge is -2.17. The first kappa shape index (κ1) is 11.5. The summed E-state index contributed by atoms with van der Waals surface area (Å²) >= 11 is 0. The number of benzene rings is 2. The topological polar surface area (TPSA) is 3.24 Å². The van der Waals surface area contributed by atoms with Crippen LogP contribution in [0.3, 0.4) is 0 Å². The molecule has 0 atom stereocenters. The zero-order chi connectivity index (χ0) is 12.1. The van der Waals surface area contributed by atoms with E-state index in [4.69, 9.17) is 0 Å². The molecule has 0 aliphatic carbocycles. The molecule has 0 saturated carbocycles. The van der Waals surface area contributed by atoms with Gasteiger partial charge >= 0.3 is 0 Å². The fourth-order valence-corrected chi connectivity index (χ4v) is 1.79. The molecule has 0 amide bonds. The van der Waals surface area contributed by atoms with Crippen molar-refractivity contribution in [1.82, 2.24) is 4.90 Å². The van der Waals surface area contributed by atoms with Gasteiger partial charge in [0.1, 0.15) is 0 Å². The first-order chi connectivity index (χ1) is 8.27. The monoisotopic (exact) mass is 223 g/mol. The fraction of sp³-hybridized carbons (Fsp3) is 0.125. The van der Waals surface area contributed by atoms with Crippen molar-refractivity contribution in [3.63, 3.8) is 0 Å². The fourth-order valence-electron chi connectivity index (χ4n) is 1.79. The number of hydrogen-bond acceptors (Lipinski definition) is 1. The number of rotatable bonds is 3. The second kappa shape index (κ2) is 5.35. The average Bonchev–Trinajstić information content (AvgIpc) is 2.38. The van der Waals surface area contributed by atoms with Crippen molar-refractivity contribution in [2.45, 2.75) is 0 Å². The van der Waals surface area contributed by atoms with Crippen molar-refractivity contribution in [1.29, 1.82) is 0 Å². The lowest BCUT2D eigenvalue weighted by Crippen LogP contribution is -2.09. The summed E-state index contributed by atoms with van der Waals surface area (Å²) < 4.78 is 0. The molecule has 0 unspecified atom stereocenters. The number of nitrogens with zero attached hydrogens (tertiary/aromatic N) is 1. The van der Waals surface area contributed by atoms with Gasteiger partial charge in [-0.2, -0.15) is 0 Å². The molecule has 0 fully saturated rings. The van der Waals surface area contributed by atoms with Gasteiger partial charge in [-0.15, -0.1) is 0 Å². The van der Waals surface area contributed by atoms with Crippen LogP contribution in [-0.2, 0) is 0 Å². The lowest BCUT2D eigenvalue weighted by molar-refractivity contribution is 0.595. The van der Waals surface area contributed by atoms with E-state index in [0.29, 0.717) is 0 Å². The molecular weight excluding hydrogens is 206 g/mol. The molecule has 0 heterocycles. The molecule has 0 aliphatic heterocycles. The minimum Gasteiger partial charge on any atom is -0.377 e. The SMILES string of the molecule is CN(C)/C(=C/c1ccccc1)c1ccccc1. The van der Waals surface area contributed by atoms with Gasteiger partial charge in [-0.25, -0.2) is 0 Å². The lowest BCUT2D eigenvalue weighted by atomic mass is 10.1. The molecule has 0 saturated heterocycles. The Kier molecular flexibility index (Phi) is 3.61. The summed E-state index contributed by atoms with van der Waals surface area (Å²) in [4.78, 5) is 2.14. The maximum absolute atomic E-state index is 2.20. The van der Waals surface area contributed by atoms with Gasteiger partial charge in [0.15, 0.2) is 0 Å². The minimum absolute atomic E-state index is 1.22. The molecule has 0 bridgehead atoms. The van der Waals surface area contributed by atoms with Gasteiger partial charge in [0.05, 0.1) is 0 Å². The molecule has 86 valence electrons. The predicted octanol–water partition coefficient (Wildman–Crippen LogP) is 3.75. The average molecular weight is 223 g/mol. The number of hydrogen-bond donors (Lipinski definition) is 0. The molecule has 1 heteroatoms. The molecule has 2 aromatic carbocycles. The molecule has 0 N–H and O–H groups in total. The second-order valence-corrected chi connectivity index (χ2v) is 4.20. The van der Waals surface area contributed by atoms with Crippen LogP contribution in [0.15, 0.2) is 60.7 Å². The maximum Gasteiger partial charge on any atom is 0.0440 e. The van der Waals surface area contributed by atoms with Gasteiger partial charge in [-0.3, -0.25) is 0 Å². The van der Waals surface area contributed by atoms with Crippen LogP contribution >= 0.6 is 0 Å². The molecule has 0 spiro atoms. The smallest absolute Gasteiger partial charge is 0.0440 e. The largest absolute Gasteiger partial charge is 0.377 e. The van der Waals surface area contributed by atoms with Crippen LogP contribution in [0.5, 0.6) is 0 Å². The van der Waals surface area contributed by atoms with Crippen LogP contribution in [0.4, 0.5) is 0 Å². The van der Waals surface area contributed by atoms with E-state index in [9.17, 15) is 0 Å². The summed E-state index contributed by atoms with van der Waals surface area (Å²) in [5.74, 6) is 0. The standard InChI is InChI=1S/C16H17N/c1-17(2)16(15-11-7-4-8-12-15)13-14-9-5-3-6-10-14/h3-13H,1-2H3/b16-13+. The molecule has 2 rings (SSSR count). The zero-order valence-electron chi connectivity index (χ0n) is 10.3. The highest BCUT2D eigenvalue weighted by Crippen LogP contribution is 2.19. The first-order valence-electron chi connectivity index (χ1n) is 5.77. The highest BCUT2D eigenvalue weighted by Gasteiger charge is 2.02. The van der Waals surface area contributed by atoms with E-state index in [0.717, 1.165) is 0 Å². The molecule has 2 aromatic rings. The van der Waals surface area contributed by atoms with Gasteiger partial charge in [-0.05, 0) is 17.2 Å². The van der Waals surface area contributed by atoms with E-state index < -0.39 is 0 Å². The van der Waals surface area contributed by atoms with Gasteiger partial charge in [0, 0.05) is 19.8 Å². The van der Waals surface area contributed by atoms with E-state index in [2.05, 4.69) is 73.6 Å². The Morgan fingerprint density at radius 3 is 1.88 bits per heavy atom. The summed E-state index contributed by atoms with van der Waals surface area (Å²) in [6, 6.07) is 20.8. The van der Waals surface area contributed by atoms with Crippen LogP contribution in [0.25, 0.3) is 11.8 Å². The molecular formula is C16H17N. The van der Waals surface area contributed by atoms with Crippen molar-refractivity contribution in [3.8, 4) is 0 Å². The van der Waals surface area contributed by atoms with Crippen molar-refractivity contribution < 1.29 is 0 Å². The van der Waals surface area contributed by atoms with Crippen LogP contribution in [0, 0.1) is 0 Å². The van der Waals surface area contributed by atoms with Gasteiger partial charge in [0.25, 0.3) is 0 Å². The van der Waals surface area contributed by atoms with Crippen molar-refractivity contribution in [2.24, 2.45) is 0 Å². The predicted molar refractivity (Wildman–Crippen MR) is 74.4 cm³/mol. The Hall–Kier alpha value is -2.02. The summed E-state index contributed by atoms with van der Waals surface area (Å²) in [5, 5.41) is 0. The van der Waals surface area contributed by atoms with Crippen LogP contribution in [0.2, 0.25) is 0 Å². The third kappa shape index (κ3) is 2.97. The Bertz CT molecular complexity index is 483. The maximum atomic E-state index is 2.20. The third-order valence-corrected chi connectivity index (χ3v) is 2.65. The van der Waals surface area contributed by atoms with Crippen LogP contribution in [0.1, 0.15) is 11.1 Å². The van der Waals surface area contributed by atoms with E-state index in [1.54, 1.807) is 0 Å². The van der Waals surface area contributed by atoms with Gasteiger partial charge < -0.3 is 4.90 Å². The van der Waals surface area contributed by atoms with Crippen molar-refractivity contribution in [3.05, 3.63) is 71.8 Å². The Morgan fingerprint density at radius 2 is 1.35 bits per heavy atom. The zero-order valence-corrected chi connectivity index (χ0v) is 10.3. The normalized spacial score (nSPS) is 11.3. The molecule has 17 heavy (non-hydrogen) atoms. The molecule has 1 nitrogen and oxygen atoms in total. The van der Waals surface area contributed by atoms with Gasteiger partial charge in [0.2, 0.25) is 0 Å². The van der Waals surface area contributed by atoms with Crippen molar-refractivity contribution >= 4 is 11.8 Å².